The molecule has 0 saturated heterocycles. The van der Waals surface area contributed by atoms with E-state index in [9.17, 15) is 0 Å². The zero-order valence-corrected chi connectivity index (χ0v) is 10.7. The normalized spacial score (nSPS) is 10.6. The van der Waals surface area contributed by atoms with Crippen LogP contribution in [0.5, 0.6) is 5.88 Å². The van der Waals surface area contributed by atoms with Gasteiger partial charge in [0, 0.05) is 0 Å². The van der Waals surface area contributed by atoms with Crippen molar-refractivity contribution in [2.24, 2.45) is 0 Å². The van der Waals surface area contributed by atoms with E-state index in [2.05, 4.69) is 41.2 Å². The van der Waals surface area contributed by atoms with Crippen LogP contribution in [0.25, 0.3) is 10.9 Å². The second-order valence-electron chi connectivity index (χ2n) is 4.47. The highest BCUT2D eigenvalue weighted by Crippen LogP contribution is 2.21. The van der Waals surface area contributed by atoms with Gasteiger partial charge in [0.2, 0.25) is 5.88 Å². The van der Waals surface area contributed by atoms with E-state index >= 15 is 0 Å². The number of ether oxygens (including phenoxy) is 1. The lowest BCUT2D eigenvalue weighted by atomic mass is 10.2. The fourth-order valence-electron chi connectivity index (χ4n) is 1.93. The average Bonchev–Trinajstić information content (AvgIpc) is 2.47. The zero-order valence-electron chi connectivity index (χ0n) is 10.7. The minimum Gasteiger partial charge on any atom is -0.472 e. The number of fused-ring (bicyclic) bond motifs is 1. The van der Waals surface area contributed by atoms with E-state index in [4.69, 9.17) is 4.74 Å². The van der Waals surface area contributed by atoms with E-state index in [0.717, 1.165) is 16.5 Å². The van der Waals surface area contributed by atoms with Crippen LogP contribution in [0.4, 0.5) is 0 Å². The first-order chi connectivity index (χ1) is 9.33. The van der Waals surface area contributed by atoms with Gasteiger partial charge < -0.3 is 4.74 Å². The average molecular weight is 250 g/mol. The highest BCUT2D eigenvalue weighted by atomic mass is 16.5. The molecule has 2 aromatic carbocycles. The van der Waals surface area contributed by atoms with E-state index in [-0.39, 0.29) is 0 Å². The highest BCUT2D eigenvalue weighted by Gasteiger charge is 2.04. The van der Waals surface area contributed by atoms with Crippen LogP contribution in [0.3, 0.4) is 0 Å². The first-order valence-corrected chi connectivity index (χ1v) is 6.21. The molecule has 0 unspecified atom stereocenters. The third-order valence-corrected chi connectivity index (χ3v) is 3.00. The van der Waals surface area contributed by atoms with E-state index in [0.29, 0.717) is 12.5 Å². The number of aromatic nitrogens is 2. The third kappa shape index (κ3) is 2.55. The fourth-order valence-corrected chi connectivity index (χ4v) is 1.93. The molecule has 0 amide bonds. The molecule has 0 aliphatic heterocycles. The zero-order chi connectivity index (χ0) is 13.1. The summed E-state index contributed by atoms with van der Waals surface area (Å²) in [4.78, 5) is 8.42. The molecule has 3 nitrogen and oxygen atoms in total. The lowest BCUT2D eigenvalue weighted by molar-refractivity contribution is 0.297. The maximum atomic E-state index is 5.79. The number of hydrogen-bond donors (Lipinski definition) is 0. The van der Waals surface area contributed by atoms with Gasteiger partial charge in [-0.25, -0.2) is 9.97 Å². The summed E-state index contributed by atoms with van der Waals surface area (Å²) in [6.45, 7) is 2.59. The lowest BCUT2D eigenvalue weighted by Gasteiger charge is -2.07. The van der Waals surface area contributed by atoms with Gasteiger partial charge in [-0.15, -0.1) is 0 Å². The first-order valence-electron chi connectivity index (χ1n) is 6.21. The second kappa shape index (κ2) is 5.06. The van der Waals surface area contributed by atoms with Crippen LogP contribution in [0.1, 0.15) is 11.1 Å². The smallest absolute Gasteiger partial charge is 0.224 e. The summed E-state index contributed by atoms with van der Waals surface area (Å²) >= 11 is 0. The molecule has 0 aliphatic carbocycles. The fraction of sp³-hybridized carbons (Fsp3) is 0.125. The Morgan fingerprint density at radius 2 is 1.74 bits per heavy atom. The maximum Gasteiger partial charge on any atom is 0.224 e. The standard InChI is InChI=1S/C16H14N2O/c1-12-6-8-13(9-7-12)10-19-16-14-4-2-3-5-15(14)17-11-18-16/h2-9,11H,10H2,1H3. The number of benzene rings is 2. The molecule has 0 radical (unpaired) electrons. The summed E-state index contributed by atoms with van der Waals surface area (Å²) in [5.41, 5.74) is 3.28. The summed E-state index contributed by atoms with van der Waals surface area (Å²) in [6.07, 6.45) is 1.53. The Bertz CT molecular complexity index is 687. The number of aryl methyl sites for hydroxylation is 1. The Morgan fingerprint density at radius 3 is 2.58 bits per heavy atom. The third-order valence-electron chi connectivity index (χ3n) is 3.00. The largest absolute Gasteiger partial charge is 0.472 e. The van der Waals surface area contributed by atoms with Crippen molar-refractivity contribution in [2.45, 2.75) is 13.5 Å². The molecule has 0 aliphatic rings. The van der Waals surface area contributed by atoms with Crippen molar-refractivity contribution in [2.75, 3.05) is 0 Å². The van der Waals surface area contributed by atoms with Crippen molar-refractivity contribution >= 4 is 10.9 Å². The first kappa shape index (κ1) is 11.7. The maximum absolute atomic E-state index is 5.79. The van der Waals surface area contributed by atoms with Crippen molar-refractivity contribution in [1.29, 1.82) is 0 Å². The molecule has 0 N–H and O–H groups in total. The molecule has 0 spiro atoms. The molecule has 0 atom stereocenters. The summed E-state index contributed by atoms with van der Waals surface area (Å²) in [5.74, 6) is 0.631. The molecule has 0 saturated carbocycles. The SMILES string of the molecule is Cc1ccc(COc2ncnc3ccccc23)cc1. The predicted molar refractivity (Wildman–Crippen MR) is 75.0 cm³/mol. The molecular formula is C16H14N2O. The van der Waals surface area contributed by atoms with Crippen molar-refractivity contribution in [3.63, 3.8) is 0 Å². The minimum atomic E-state index is 0.515. The van der Waals surface area contributed by atoms with Gasteiger partial charge in [-0.05, 0) is 24.6 Å². The van der Waals surface area contributed by atoms with Crippen LogP contribution >= 0.6 is 0 Å². The number of para-hydroxylation sites is 1. The topological polar surface area (TPSA) is 35.0 Å². The van der Waals surface area contributed by atoms with Crippen LogP contribution in [-0.4, -0.2) is 9.97 Å². The van der Waals surface area contributed by atoms with Crippen LogP contribution < -0.4 is 4.74 Å². The molecule has 3 rings (SSSR count). The molecule has 3 heteroatoms. The lowest BCUT2D eigenvalue weighted by Crippen LogP contribution is -1.98. The minimum absolute atomic E-state index is 0.515. The van der Waals surface area contributed by atoms with E-state index in [1.807, 2.05) is 24.3 Å². The number of hydrogen-bond acceptors (Lipinski definition) is 3. The number of nitrogens with zero attached hydrogens (tertiary/aromatic N) is 2. The Balaban J connectivity index is 1.84. The van der Waals surface area contributed by atoms with Crippen LogP contribution in [0.2, 0.25) is 0 Å². The van der Waals surface area contributed by atoms with Gasteiger partial charge in [0.05, 0.1) is 10.9 Å². The van der Waals surface area contributed by atoms with Crippen LogP contribution in [0, 0.1) is 6.92 Å². The van der Waals surface area contributed by atoms with Gasteiger partial charge in [0.1, 0.15) is 12.9 Å². The Kier molecular flexibility index (Phi) is 3.11. The van der Waals surface area contributed by atoms with Gasteiger partial charge in [-0.2, -0.15) is 0 Å². The molecule has 19 heavy (non-hydrogen) atoms. The van der Waals surface area contributed by atoms with Crippen molar-refractivity contribution < 1.29 is 4.74 Å². The molecule has 1 heterocycles. The van der Waals surface area contributed by atoms with Gasteiger partial charge in [-0.3, -0.25) is 0 Å². The van der Waals surface area contributed by atoms with Gasteiger partial charge in [0.15, 0.2) is 0 Å². The molecule has 1 aromatic heterocycles. The molecule has 94 valence electrons. The van der Waals surface area contributed by atoms with E-state index in [1.165, 1.54) is 11.9 Å². The monoisotopic (exact) mass is 250 g/mol. The van der Waals surface area contributed by atoms with Gasteiger partial charge >= 0.3 is 0 Å². The summed E-state index contributed by atoms with van der Waals surface area (Å²) < 4.78 is 5.79. The van der Waals surface area contributed by atoms with E-state index in [1.54, 1.807) is 0 Å². The Hall–Kier alpha value is -2.42. The quantitative estimate of drug-likeness (QED) is 0.713. The second-order valence-corrected chi connectivity index (χ2v) is 4.47. The molecule has 0 fully saturated rings. The molecular weight excluding hydrogens is 236 g/mol. The Morgan fingerprint density at radius 1 is 0.947 bits per heavy atom. The van der Waals surface area contributed by atoms with E-state index < -0.39 is 0 Å². The van der Waals surface area contributed by atoms with Gasteiger partial charge in [0.25, 0.3) is 0 Å². The molecule has 3 aromatic rings. The summed E-state index contributed by atoms with van der Waals surface area (Å²) in [5, 5.41) is 0.942. The van der Waals surface area contributed by atoms with Crippen molar-refractivity contribution in [1.82, 2.24) is 9.97 Å². The van der Waals surface area contributed by atoms with Crippen LogP contribution in [0.15, 0.2) is 54.9 Å². The summed E-state index contributed by atoms with van der Waals surface area (Å²) in [7, 11) is 0. The van der Waals surface area contributed by atoms with Crippen LogP contribution in [-0.2, 0) is 6.61 Å². The number of rotatable bonds is 3. The van der Waals surface area contributed by atoms with Crippen molar-refractivity contribution in [3.05, 3.63) is 66.0 Å². The van der Waals surface area contributed by atoms with Crippen molar-refractivity contribution in [3.8, 4) is 5.88 Å². The predicted octanol–water partition coefficient (Wildman–Crippen LogP) is 3.52. The van der Waals surface area contributed by atoms with Gasteiger partial charge in [-0.1, -0.05) is 42.0 Å². The highest BCUT2D eigenvalue weighted by molar-refractivity contribution is 5.82. The Labute approximate surface area is 111 Å². The summed E-state index contributed by atoms with van der Waals surface area (Å²) in [6, 6.07) is 16.1. The molecule has 0 bridgehead atoms.